The molecule has 0 radical (unpaired) electrons. The van der Waals surface area contributed by atoms with Gasteiger partial charge in [0.15, 0.2) is 5.82 Å². The van der Waals surface area contributed by atoms with E-state index in [4.69, 9.17) is 0 Å². The summed E-state index contributed by atoms with van der Waals surface area (Å²) in [7, 11) is 0. The minimum Gasteiger partial charge on any atom is -1.00 e. The summed E-state index contributed by atoms with van der Waals surface area (Å²) >= 11 is 0. The van der Waals surface area contributed by atoms with E-state index in [2.05, 4.69) is 20.7 Å². The lowest BCUT2D eigenvalue weighted by Gasteiger charge is -2.03. The van der Waals surface area contributed by atoms with E-state index in [-0.39, 0.29) is 13.8 Å². The van der Waals surface area contributed by atoms with Gasteiger partial charge in [-0.2, -0.15) is 10.2 Å². The predicted molar refractivity (Wildman–Crippen MR) is 76.8 cm³/mol. The summed E-state index contributed by atoms with van der Waals surface area (Å²) < 4.78 is 0. The van der Waals surface area contributed by atoms with Crippen LogP contribution in [0, 0.1) is 0 Å². The monoisotopic (exact) mass is 276 g/mol. The Morgan fingerprint density at radius 3 is 2.74 bits per heavy atom. The van der Waals surface area contributed by atoms with Crippen LogP contribution >= 0.6 is 0 Å². The van der Waals surface area contributed by atoms with Crippen LogP contribution in [-0.4, -0.2) is 15.9 Å². The molecular weight excluding hydrogens is 260 g/mol. The summed E-state index contributed by atoms with van der Waals surface area (Å²) in [4.78, 5) is 0. The minimum atomic E-state index is 0. The van der Waals surface area contributed by atoms with Crippen molar-refractivity contribution in [3.05, 3.63) is 42.1 Å². The van der Waals surface area contributed by atoms with Crippen molar-refractivity contribution in [1.82, 2.24) is 10.2 Å². The van der Waals surface area contributed by atoms with E-state index >= 15 is 0 Å². The highest BCUT2D eigenvalue weighted by Crippen LogP contribution is 2.18. The van der Waals surface area contributed by atoms with E-state index in [0.29, 0.717) is 5.82 Å². The van der Waals surface area contributed by atoms with Gasteiger partial charge >= 0.3 is 1.43 Å². The highest BCUT2D eigenvalue weighted by molar-refractivity contribution is 5.95. The second-order valence-corrected chi connectivity index (χ2v) is 4.37. The second kappa shape index (κ2) is 6.85. The molecule has 4 nitrogen and oxygen atoms in total. The molecule has 19 heavy (non-hydrogen) atoms. The van der Waals surface area contributed by atoms with Crippen molar-refractivity contribution >= 4 is 22.3 Å². The number of allylic oxidation sites excluding steroid dienone is 2. The first-order valence-corrected chi connectivity index (χ1v) is 5.82. The average molecular weight is 277 g/mol. The van der Waals surface area contributed by atoms with Crippen molar-refractivity contribution < 1.29 is 13.8 Å². The molecule has 1 heterocycles. The van der Waals surface area contributed by atoms with Crippen LogP contribution in [0.25, 0.3) is 10.8 Å². The van der Waals surface area contributed by atoms with E-state index in [0.717, 1.165) is 16.5 Å². The van der Waals surface area contributed by atoms with Crippen LogP contribution in [0.15, 0.2) is 47.2 Å². The van der Waals surface area contributed by atoms with Crippen molar-refractivity contribution in [2.75, 3.05) is 5.43 Å². The molecule has 2 rings (SSSR count). The van der Waals surface area contributed by atoms with Gasteiger partial charge in [-0.05, 0) is 26.8 Å². The zero-order valence-electron chi connectivity index (χ0n) is 12.2. The molecule has 0 aliphatic rings. The van der Waals surface area contributed by atoms with Crippen molar-refractivity contribution in [1.29, 1.82) is 0 Å². The van der Waals surface area contributed by atoms with Gasteiger partial charge in [-0.15, -0.1) is 5.10 Å². The number of fused-ring (bicyclic) bond motifs is 1. The molecule has 0 saturated heterocycles. The second-order valence-electron chi connectivity index (χ2n) is 4.37. The summed E-state index contributed by atoms with van der Waals surface area (Å²) in [6.07, 6.45) is 3.75. The summed E-state index contributed by atoms with van der Waals surface area (Å²) in [6.45, 7) is 6.02. The van der Waals surface area contributed by atoms with Crippen LogP contribution in [0.2, 0.25) is 0 Å². The molecule has 0 bridgehead atoms. The molecule has 1 aromatic carbocycles. The molecule has 0 aliphatic heterocycles. The normalized spacial score (nSPS) is 10.8. The standard InChI is InChI=1S/C14H16N4.ClH/c1-10(2)8-11(3)16-18-14-13-7-5-4-6-12(13)9-15-17-14;/h4-9H,1-3H3,(H,17,18);1H/b16-11+;. The lowest BCUT2D eigenvalue weighted by Crippen LogP contribution is -3.00. The fourth-order valence-electron chi connectivity index (χ4n) is 1.70. The summed E-state index contributed by atoms with van der Waals surface area (Å²) in [6, 6.07) is 7.95. The van der Waals surface area contributed by atoms with Crippen LogP contribution in [0.5, 0.6) is 0 Å². The molecule has 0 amide bonds. The number of benzene rings is 1. The summed E-state index contributed by atoms with van der Waals surface area (Å²) in [5, 5.41) is 14.4. The number of hydrogen-bond acceptors (Lipinski definition) is 4. The number of anilines is 1. The average Bonchev–Trinajstić information content (AvgIpc) is 2.35. The topological polar surface area (TPSA) is 50.2 Å². The number of nitrogens with one attached hydrogen (secondary N) is 1. The lowest BCUT2D eigenvalue weighted by molar-refractivity contribution is -0.00000398. The first-order chi connectivity index (χ1) is 8.66. The van der Waals surface area contributed by atoms with Crippen LogP contribution in [-0.2, 0) is 0 Å². The number of hydrogen-bond donors (Lipinski definition) is 1. The van der Waals surface area contributed by atoms with Gasteiger partial charge in [0, 0.05) is 10.8 Å². The molecule has 0 aliphatic carbocycles. The van der Waals surface area contributed by atoms with E-state index in [9.17, 15) is 0 Å². The van der Waals surface area contributed by atoms with Gasteiger partial charge < -0.3 is 12.4 Å². The van der Waals surface area contributed by atoms with Gasteiger partial charge in [0.2, 0.25) is 0 Å². The van der Waals surface area contributed by atoms with Crippen LogP contribution in [0.4, 0.5) is 5.82 Å². The molecule has 1 N–H and O–H groups in total. The van der Waals surface area contributed by atoms with Gasteiger partial charge in [-0.1, -0.05) is 29.8 Å². The first-order valence-electron chi connectivity index (χ1n) is 5.82. The summed E-state index contributed by atoms with van der Waals surface area (Å²) in [5.41, 5.74) is 5.08. The minimum absolute atomic E-state index is 0. The molecule has 0 spiro atoms. The Hall–Kier alpha value is -1.94. The molecule has 5 heteroatoms. The fraction of sp³-hybridized carbons (Fsp3) is 0.214. The van der Waals surface area contributed by atoms with E-state index in [1.807, 2.05) is 51.1 Å². The number of hydrazone groups is 1. The Morgan fingerprint density at radius 1 is 1.26 bits per heavy atom. The maximum atomic E-state index is 4.27. The van der Waals surface area contributed by atoms with E-state index < -0.39 is 0 Å². The van der Waals surface area contributed by atoms with Crippen LogP contribution in [0.3, 0.4) is 0 Å². The van der Waals surface area contributed by atoms with Crippen LogP contribution in [0.1, 0.15) is 22.2 Å². The number of rotatable bonds is 3. The van der Waals surface area contributed by atoms with E-state index in [1.165, 1.54) is 5.57 Å². The zero-order valence-corrected chi connectivity index (χ0v) is 11.9. The SMILES string of the molecule is CC(C)=C/C(C)=N/Nc1nncc2ccccc12.[Cl-].[H+]. The Labute approximate surface area is 120 Å². The van der Waals surface area contributed by atoms with Crippen molar-refractivity contribution in [2.45, 2.75) is 20.8 Å². The molecule has 2 aromatic rings. The van der Waals surface area contributed by atoms with Crippen molar-refractivity contribution in [2.24, 2.45) is 5.10 Å². The van der Waals surface area contributed by atoms with Gasteiger partial charge in [0.05, 0.1) is 11.9 Å². The van der Waals surface area contributed by atoms with E-state index in [1.54, 1.807) is 6.20 Å². The Kier molecular flexibility index (Phi) is 5.45. The van der Waals surface area contributed by atoms with Gasteiger partial charge in [-0.25, -0.2) is 0 Å². The smallest absolute Gasteiger partial charge is 1.00 e. The molecule has 0 atom stereocenters. The number of aromatic nitrogens is 2. The quantitative estimate of drug-likeness (QED) is 0.656. The third kappa shape index (κ3) is 4.03. The number of halogens is 1. The molecule has 0 unspecified atom stereocenters. The third-order valence-electron chi connectivity index (χ3n) is 2.41. The Bertz CT molecular complexity index is 616. The third-order valence-corrected chi connectivity index (χ3v) is 2.41. The fourth-order valence-corrected chi connectivity index (χ4v) is 1.70. The molecule has 100 valence electrons. The molecule has 0 fully saturated rings. The van der Waals surface area contributed by atoms with Gasteiger partial charge in [0.1, 0.15) is 0 Å². The van der Waals surface area contributed by atoms with Crippen molar-refractivity contribution in [3.63, 3.8) is 0 Å². The highest BCUT2D eigenvalue weighted by atomic mass is 35.5. The Balaban J connectivity index is 0.00000180. The van der Waals surface area contributed by atoms with Gasteiger partial charge in [-0.3, -0.25) is 5.43 Å². The lowest BCUT2D eigenvalue weighted by atomic mass is 10.2. The highest BCUT2D eigenvalue weighted by Gasteiger charge is 2.00. The predicted octanol–water partition coefficient (Wildman–Crippen LogP) is 0.500. The molecule has 0 saturated carbocycles. The first kappa shape index (κ1) is 15.1. The Morgan fingerprint density at radius 2 is 2.00 bits per heavy atom. The largest absolute Gasteiger partial charge is 1.00 e. The maximum absolute atomic E-state index is 4.27. The van der Waals surface area contributed by atoms with Gasteiger partial charge in [0.25, 0.3) is 0 Å². The van der Waals surface area contributed by atoms with Crippen molar-refractivity contribution in [3.8, 4) is 0 Å². The number of nitrogens with zero attached hydrogens (tertiary/aromatic N) is 3. The maximum Gasteiger partial charge on any atom is 1.00 e. The zero-order chi connectivity index (χ0) is 13.0. The van der Waals surface area contributed by atoms with Crippen LogP contribution < -0.4 is 17.8 Å². The molecular formula is C14H17ClN4. The summed E-state index contributed by atoms with van der Waals surface area (Å²) in [5.74, 6) is 0.676. The molecule has 1 aromatic heterocycles.